The van der Waals surface area contributed by atoms with Crippen LogP contribution in [0.25, 0.3) is 0 Å². The van der Waals surface area contributed by atoms with Crippen molar-refractivity contribution in [1.82, 2.24) is 10.6 Å². The van der Waals surface area contributed by atoms with E-state index in [1.165, 1.54) is 0 Å². The third kappa shape index (κ3) is 4.02. The molecule has 0 atom stereocenters. The minimum absolute atomic E-state index is 0.391. The number of allylic oxidation sites excluding steroid dienone is 5. The smallest absolute Gasteiger partial charge is 0.311 e. The van der Waals surface area contributed by atoms with Gasteiger partial charge < -0.3 is 5.32 Å². The van der Waals surface area contributed by atoms with Gasteiger partial charge in [-0.3, -0.25) is 10.1 Å². The molecule has 0 heterocycles. The predicted molar refractivity (Wildman–Crippen MR) is 78.1 cm³/mol. The number of hydrogen-bond donors (Lipinski definition) is 2. The van der Waals surface area contributed by atoms with Crippen LogP contribution < -0.4 is 10.6 Å². The van der Waals surface area contributed by atoms with Crippen molar-refractivity contribution in [3.63, 3.8) is 0 Å². The van der Waals surface area contributed by atoms with Crippen LogP contribution in [-0.4, -0.2) is 11.9 Å². The molecule has 114 valence electrons. The Kier molecular flexibility index (Phi) is 5.06. The minimum atomic E-state index is -1.16. The summed E-state index contributed by atoms with van der Waals surface area (Å²) in [6.07, 6.45) is 6.90. The summed E-state index contributed by atoms with van der Waals surface area (Å²) in [5, 5.41) is 4.77. The lowest BCUT2D eigenvalue weighted by Gasteiger charge is -2.09. The summed E-state index contributed by atoms with van der Waals surface area (Å²) in [4.78, 5) is 23.4. The third-order valence-electron chi connectivity index (χ3n) is 2.75. The van der Waals surface area contributed by atoms with E-state index < -0.39 is 29.1 Å². The molecular weight excluding hydrogens is 314 g/mol. The van der Waals surface area contributed by atoms with Crippen LogP contribution in [0, 0.1) is 11.6 Å². The summed E-state index contributed by atoms with van der Waals surface area (Å²) in [6, 6.07) is 2.10. The summed E-state index contributed by atoms with van der Waals surface area (Å²) >= 11 is 5.79. The quantitative estimate of drug-likeness (QED) is 0.876. The second-order valence-electron chi connectivity index (χ2n) is 4.35. The van der Waals surface area contributed by atoms with E-state index >= 15 is 0 Å². The maximum atomic E-state index is 13.4. The summed E-state index contributed by atoms with van der Waals surface area (Å²) in [7, 11) is 0. The zero-order chi connectivity index (χ0) is 16.1. The molecule has 1 aromatic rings. The van der Waals surface area contributed by atoms with E-state index in [-0.39, 0.29) is 0 Å². The maximum Gasteiger partial charge on any atom is 0.325 e. The Morgan fingerprint density at radius 1 is 1.14 bits per heavy atom. The lowest BCUT2D eigenvalue weighted by Crippen LogP contribution is -2.39. The van der Waals surface area contributed by atoms with E-state index in [1.54, 1.807) is 24.3 Å². The Hall–Kier alpha value is -2.47. The van der Waals surface area contributed by atoms with Crippen molar-refractivity contribution in [2.24, 2.45) is 0 Å². The van der Waals surface area contributed by atoms with Crippen LogP contribution in [0.3, 0.4) is 0 Å². The van der Waals surface area contributed by atoms with Gasteiger partial charge in [0.25, 0.3) is 5.91 Å². The monoisotopic (exact) mass is 324 g/mol. The molecule has 0 saturated carbocycles. The zero-order valence-electron chi connectivity index (χ0n) is 11.2. The van der Waals surface area contributed by atoms with Crippen LogP contribution in [0.1, 0.15) is 16.8 Å². The Morgan fingerprint density at radius 2 is 1.82 bits per heavy atom. The number of imide groups is 1. The van der Waals surface area contributed by atoms with Gasteiger partial charge in [-0.2, -0.15) is 0 Å². The molecule has 2 N–H and O–H groups in total. The van der Waals surface area contributed by atoms with E-state index in [0.29, 0.717) is 17.2 Å². The molecule has 1 aromatic carbocycles. The van der Waals surface area contributed by atoms with E-state index in [9.17, 15) is 18.4 Å². The van der Waals surface area contributed by atoms with Gasteiger partial charge in [-0.1, -0.05) is 23.7 Å². The van der Waals surface area contributed by atoms with Crippen molar-refractivity contribution in [3.8, 4) is 0 Å². The van der Waals surface area contributed by atoms with Crippen LogP contribution in [0.4, 0.5) is 13.6 Å². The maximum absolute atomic E-state index is 13.4. The van der Waals surface area contributed by atoms with Gasteiger partial charge in [0.1, 0.15) is 17.2 Å². The molecule has 0 unspecified atom stereocenters. The predicted octanol–water partition coefficient (Wildman–Crippen LogP) is 3.37. The molecule has 0 aromatic heterocycles. The lowest BCUT2D eigenvalue weighted by atomic mass is 10.2. The molecule has 0 saturated heterocycles. The fourth-order valence-electron chi connectivity index (χ4n) is 1.75. The molecule has 2 rings (SSSR count). The number of rotatable bonds is 2. The molecule has 0 aliphatic heterocycles. The molecule has 3 amide bonds. The van der Waals surface area contributed by atoms with Crippen LogP contribution in [0.2, 0.25) is 0 Å². The molecule has 1 aliphatic carbocycles. The first kappa shape index (κ1) is 15.9. The molecule has 1 aliphatic rings. The lowest BCUT2D eigenvalue weighted by molar-refractivity contribution is 0.0956. The highest BCUT2D eigenvalue weighted by Gasteiger charge is 2.19. The first-order valence-electron chi connectivity index (χ1n) is 6.26. The highest BCUT2D eigenvalue weighted by atomic mass is 35.5. The number of carbonyl (C=O) groups is 2. The number of carbonyl (C=O) groups excluding carboxylic acids is 2. The second kappa shape index (κ2) is 7.00. The topological polar surface area (TPSA) is 58.2 Å². The van der Waals surface area contributed by atoms with Gasteiger partial charge in [-0.05, 0) is 30.4 Å². The van der Waals surface area contributed by atoms with Crippen LogP contribution in [0.15, 0.2) is 53.2 Å². The van der Waals surface area contributed by atoms with Crippen LogP contribution in [-0.2, 0) is 0 Å². The SMILES string of the molecule is O=C(NC(=O)c1c(F)cccc1F)NC1=CC=C(Cl)C=CC1. The average molecular weight is 325 g/mol. The van der Waals surface area contributed by atoms with Crippen LogP contribution >= 0.6 is 11.6 Å². The van der Waals surface area contributed by atoms with Gasteiger partial charge in [0.15, 0.2) is 0 Å². The van der Waals surface area contributed by atoms with E-state index in [2.05, 4.69) is 5.32 Å². The van der Waals surface area contributed by atoms with Crippen molar-refractivity contribution in [2.75, 3.05) is 0 Å². The Bertz CT molecular complexity index is 691. The van der Waals surface area contributed by atoms with Crippen molar-refractivity contribution < 1.29 is 18.4 Å². The zero-order valence-corrected chi connectivity index (χ0v) is 12.0. The van der Waals surface area contributed by atoms with E-state index in [1.807, 2.05) is 5.32 Å². The highest BCUT2D eigenvalue weighted by molar-refractivity contribution is 6.31. The Balaban J connectivity index is 2.03. The molecule has 0 spiro atoms. The summed E-state index contributed by atoms with van der Waals surface area (Å²) < 4.78 is 26.9. The van der Waals surface area contributed by atoms with Gasteiger partial charge in [-0.15, -0.1) is 0 Å². The van der Waals surface area contributed by atoms with Gasteiger partial charge >= 0.3 is 6.03 Å². The average Bonchev–Trinajstić information content (AvgIpc) is 2.63. The van der Waals surface area contributed by atoms with Crippen LogP contribution in [0.5, 0.6) is 0 Å². The number of benzene rings is 1. The molecule has 7 heteroatoms. The standard InChI is InChI=1S/C15H11ClF2N2O2/c16-9-3-1-4-10(8-7-9)19-15(22)20-14(21)13-11(17)5-2-6-12(13)18/h1-3,5-8H,4H2,(H2,19,20,21,22). The second-order valence-corrected chi connectivity index (χ2v) is 4.79. The fraction of sp³-hybridized carbons (Fsp3) is 0.0667. The van der Waals surface area contributed by atoms with Gasteiger partial charge in [-0.25, -0.2) is 13.6 Å². The molecule has 22 heavy (non-hydrogen) atoms. The normalized spacial score (nSPS) is 13.8. The van der Waals surface area contributed by atoms with Crippen molar-refractivity contribution in [2.45, 2.75) is 6.42 Å². The highest BCUT2D eigenvalue weighted by Crippen LogP contribution is 2.13. The molecule has 0 radical (unpaired) electrons. The first-order chi connectivity index (χ1) is 10.5. The third-order valence-corrected chi connectivity index (χ3v) is 3.00. The summed E-state index contributed by atoms with van der Waals surface area (Å²) in [5.41, 5.74) is -0.332. The molecular formula is C15H11ClF2N2O2. The minimum Gasteiger partial charge on any atom is -0.311 e. The molecule has 0 fully saturated rings. The van der Waals surface area contributed by atoms with Crippen molar-refractivity contribution >= 4 is 23.5 Å². The number of hydrogen-bond acceptors (Lipinski definition) is 2. The van der Waals surface area contributed by atoms with Gasteiger partial charge in [0, 0.05) is 17.2 Å². The van der Waals surface area contributed by atoms with Gasteiger partial charge in [0.05, 0.1) is 0 Å². The number of nitrogens with one attached hydrogen (secondary N) is 2. The van der Waals surface area contributed by atoms with Crippen molar-refractivity contribution in [3.05, 3.63) is 70.4 Å². The molecule has 4 nitrogen and oxygen atoms in total. The Morgan fingerprint density at radius 3 is 2.50 bits per heavy atom. The Labute approximate surface area is 130 Å². The number of urea groups is 1. The largest absolute Gasteiger partial charge is 0.325 e. The fourth-order valence-corrected chi connectivity index (χ4v) is 1.90. The van der Waals surface area contributed by atoms with Gasteiger partial charge in [0.2, 0.25) is 0 Å². The summed E-state index contributed by atoms with van der Waals surface area (Å²) in [6.45, 7) is 0. The first-order valence-corrected chi connectivity index (χ1v) is 6.64. The summed E-state index contributed by atoms with van der Waals surface area (Å²) in [5.74, 6) is -3.25. The number of amides is 3. The van der Waals surface area contributed by atoms with E-state index in [4.69, 9.17) is 11.6 Å². The van der Waals surface area contributed by atoms with E-state index in [0.717, 1.165) is 18.2 Å². The number of halogens is 3. The molecule has 0 bridgehead atoms. The van der Waals surface area contributed by atoms with Crippen molar-refractivity contribution in [1.29, 1.82) is 0 Å².